The largest absolute Gasteiger partial charge is 0.507 e. The van der Waals surface area contributed by atoms with Gasteiger partial charge in [0.05, 0.1) is 17.8 Å². The Labute approximate surface area is 132 Å². The maximum atomic E-state index is 9.68. The molecule has 0 fully saturated rings. The fourth-order valence-corrected chi connectivity index (χ4v) is 2.32. The molecule has 3 nitrogen and oxygen atoms in total. The number of aromatic hydroxyl groups is 1. The van der Waals surface area contributed by atoms with Gasteiger partial charge in [0.25, 0.3) is 0 Å². The van der Waals surface area contributed by atoms with Crippen LogP contribution in [0, 0.1) is 3.57 Å². The second-order valence-electron chi connectivity index (χ2n) is 4.16. The Hall–Kier alpha value is -1.69. The number of methoxy groups -OCH3 is 2. The first-order chi connectivity index (χ1) is 9.63. The zero-order valence-corrected chi connectivity index (χ0v) is 13.4. The number of hydrogen-bond acceptors (Lipinski definition) is 3. The number of ether oxygens (including phenoxy) is 2. The summed E-state index contributed by atoms with van der Waals surface area (Å²) in [7, 11) is 3.25. The lowest BCUT2D eigenvalue weighted by Gasteiger charge is -2.06. The van der Waals surface area contributed by atoms with E-state index in [4.69, 9.17) is 9.47 Å². The molecule has 0 heterocycles. The van der Waals surface area contributed by atoms with Gasteiger partial charge in [0.2, 0.25) is 0 Å². The molecule has 0 unspecified atom stereocenters. The molecule has 20 heavy (non-hydrogen) atoms. The third kappa shape index (κ3) is 3.45. The summed E-state index contributed by atoms with van der Waals surface area (Å²) < 4.78 is 11.3. The molecule has 0 aliphatic carbocycles. The number of phenols is 1. The van der Waals surface area contributed by atoms with Gasteiger partial charge < -0.3 is 14.6 Å². The molecule has 0 aliphatic heterocycles. The van der Waals surface area contributed by atoms with Crippen molar-refractivity contribution in [3.8, 4) is 17.2 Å². The van der Waals surface area contributed by atoms with Gasteiger partial charge in [-0.3, -0.25) is 0 Å². The lowest BCUT2D eigenvalue weighted by atomic mass is 10.1. The Morgan fingerprint density at radius 3 is 2.25 bits per heavy atom. The molecule has 0 saturated heterocycles. The fraction of sp³-hybridized carbons (Fsp3) is 0.125. The number of benzene rings is 2. The van der Waals surface area contributed by atoms with Gasteiger partial charge in [-0.2, -0.15) is 0 Å². The molecular formula is C16H15IO3. The normalized spacial score (nSPS) is 10.8. The average molecular weight is 382 g/mol. The van der Waals surface area contributed by atoms with E-state index in [1.54, 1.807) is 20.3 Å². The highest BCUT2D eigenvalue weighted by Crippen LogP contribution is 2.26. The summed E-state index contributed by atoms with van der Waals surface area (Å²) in [5.74, 6) is 1.78. The zero-order chi connectivity index (χ0) is 14.5. The number of phenolic OH excluding ortho intramolecular Hbond substituents is 1. The Morgan fingerprint density at radius 2 is 1.65 bits per heavy atom. The lowest BCUT2D eigenvalue weighted by molar-refractivity contribution is 0.394. The van der Waals surface area contributed by atoms with Gasteiger partial charge in [-0.15, -0.1) is 0 Å². The van der Waals surface area contributed by atoms with Crippen molar-refractivity contribution < 1.29 is 14.6 Å². The summed E-state index contributed by atoms with van der Waals surface area (Å²) in [5, 5.41) is 9.68. The zero-order valence-electron chi connectivity index (χ0n) is 11.3. The predicted octanol–water partition coefficient (Wildman–Crippen LogP) is 4.18. The first-order valence-corrected chi connectivity index (χ1v) is 7.10. The summed E-state index contributed by atoms with van der Waals surface area (Å²) in [6, 6.07) is 11.1. The van der Waals surface area contributed by atoms with Crippen LogP contribution < -0.4 is 9.47 Å². The quantitative estimate of drug-likeness (QED) is 0.637. The van der Waals surface area contributed by atoms with Gasteiger partial charge in [-0.05, 0) is 51.9 Å². The molecule has 104 valence electrons. The van der Waals surface area contributed by atoms with Crippen molar-refractivity contribution in [1.82, 2.24) is 0 Å². The van der Waals surface area contributed by atoms with Crippen molar-refractivity contribution in [3.63, 3.8) is 0 Å². The van der Waals surface area contributed by atoms with Crippen LogP contribution >= 0.6 is 22.6 Å². The Morgan fingerprint density at radius 1 is 1.00 bits per heavy atom. The van der Waals surface area contributed by atoms with Gasteiger partial charge in [0.1, 0.15) is 17.2 Å². The Balaban J connectivity index is 2.33. The first kappa shape index (κ1) is 14.7. The Kier molecular flexibility index (Phi) is 4.89. The van der Waals surface area contributed by atoms with E-state index in [1.807, 2.05) is 42.5 Å². The van der Waals surface area contributed by atoms with Gasteiger partial charge in [-0.25, -0.2) is 0 Å². The first-order valence-electron chi connectivity index (χ1n) is 6.02. The molecule has 0 atom stereocenters. The number of rotatable bonds is 4. The van der Waals surface area contributed by atoms with Crippen molar-refractivity contribution >= 4 is 34.7 Å². The number of halogens is 1. The van der Waals surface area contributed by atoms with Crippen LogP contribution in [0.3, 0.4) is 0 Å². The van der Waals surface area contributed by atoms with Crippen LogP contribution in [-0.2, 0) is 0 Å². The average Bonchev–Trinajstić information content (AvgIpc) is 2.48. The fourth-order valence-electron chi connectivity index (χ4n) is 1.78. The lowest BCUT2D eigenvalue weighted by Crippen LogP contribution is -1.88. The van der Waals surface area contributed by atoms with Crippen molar-refractivity contribution in [2.75, 3.05) is 14.2 Å². The molecule has 2 aromatic carbocycles. The monoisotopic (exact) mass is 382 g/mol. The standard InChI is InChI=1S/C16H15IO3/c1-19-13-8-11(9-14(10-13)20-2)6-7-12-4-3-5-15(18)16(12)17/h3-10,18H,1-2H3. The molecular weight excluding hydrogens is 367 g/mol. The molecule has 0 radical (unpaired) electrons. The summed E-state index contributed by atoms with van der Waals surface area (Å²) in [5.41, 5.74) is 1.94. The molecule has 0 aromatic heterocycles. The van der Waals surface area contributed by atoms with E-state index in [-0.39, 0.29) is 5.75 Å². The van der Waals surface area contributed by atoms with Gasteiger partial charge in [0.15, 0.2) is 0 Å². The third-order valence-corrected chi connectivity index (χ3v) is 4.01. The van der Waals surface area contributed by atoms with E-state index in [0.29, 0.717) is 0 Å². The highest BCUT2D eigenvalue weighted by Gasteiger charge is 2.02. The topological polar surface area (TPSA) is 38.7 Å². The minimum atomic E-state index is 0.288. The molecule has 0 saturated carbocycles. The second-order valence-corrected chi connectivity index (χ2v) is 5.24. The van der Waals surface area contributed by atoms with Crippen LogP contribution in [0.1, 0.15) is 11.1 Å². The van der Waals surface area contributed by atoms with E-state index in [0.717, 1.165) is 26.2 Å². The molecule has 0 amide bonds. The van der Waals surface area contributed by atoms with Gasteiger partial charge in [0, 0.05) is 6.07 Å². The van der Waals surface area contributed by atoms with Crippen LogP contribution in [-0.4, -0.2) is 19.3 Å². The van der Waals surface area contributed by atoms with Crippen molar-refractivity contribution in [1.29, 1.82) is 0 Å². The van der Waals surface area contributed by atoms with Crippen LogP contribution in [0.5, 0.6) is 17.2 Å². The molecule has 4 heteroatoms. The summed E-state index contributed by atoms with van der Waals surface area (Å²) in [4.78, 5) is 0. The van der Waals surface area contributed by atoms with Crippen LogP contribution in [0.25, 0.3) is 12.2 Å². The highest BCUT2D eigenvalue weighted by molar-refractivity contribution is 14.1. The van der Waals surface area contributed by atoms with E-state index in [1.165, 1.54) is 0 Å². The van der Waals surface area contributed by atoms with Crippen molar-refractivity contribution in [2.45, 2.75) is 0 Å². The SMILES string of the molecule is COc1cc(C=Cc2cccc(O)c2I)cc(OC)c1. The minimum Gasteiger partial charge on any atom is -0.507 e. The molecule has 0 spiro atoms. The summed E-state index contributed by atoms with van der Waals surface area (Å²) in [6.07, 6.45) is 3.91. The van der Waals surface area contributed by atoms with Gasteiger partial charge in [-0.1, -0.05) is 24.3 Å². The van der Waals surface area contributed by atoms with Crippen molar-refractivity contribution in [2.24, 2.45) is 0 Å². The Bertz CT molecular complexity index is 613. The van der Waals surface area contributed by atoms with E-state index >= 15 is 0 Å². The van der Waals surface area contributed by atoms with Crippen LogP contribution in [0.2, 0.25) is 0 Å². The molecule has 1 N–H and O–H groups in total. The van der Waals surface area contributed by atoms with Crippen molar-refractivity contribution in [3.05, 3.63) is 51.1 Å². The molecule has 0 aliphatic rings. The van der Waals surface area contributed by atoms with E-state index in [2.05, 4.69) is 22.6 Å². The van der Waals surface area contributed by atoms with E-state index in [9.17, 15) is 5.11 Å². The summed E-state index contributed by atoms with van der Waals surface area (Å²) >= 11 is 2.13. The van der Waals surface area contributed by atoms with E-state index < -0.39 is 0 Å². The number of hydrogen-bond donors (Lipinski definition) is 1. The third-order valence-electron chi connectivity index (χ3n) is 2.84. The van der Waals surface area contributed by atoms with Crippen LogP contribution in [0.15, 0.2) is 36.4 Å². The molecule has 0 bridgehead atoms. The summed E-state index contributed by atoms with van der Waals surface area (Å²) in [6.45, 7) is 0. The maximum absolute atomic E-state index is 9.68. The second kappa shape index (κ2) is 6.65. The highest BCUT2D eigenvalue weighted by atomic mass is 127. The van der Waals surface area contributed by atoms with Gasteiger partial charge >= 0.3 is 0 Å². The minimum absolute atomic E-state index is 0.288. The molecule has 2 aromatic rings. The molecule has 2 rings (SSSR count). The van der Waals surface area contributed by atoms with Crippen LogP contribution in [0.4, 0.5) is 0 Å². The predicted molar refractivity (Wildman–Crippen MR) is 89.3 cm³/mol. The maximum Gasteiger partial charge on any atom is 0.129 e. The smallest absolute Gasteiger partial charge is 0.129 e.